The molecule has 1 amide bonds. The maximum atomic E-state index is 11.8. The van der Waals surface area contributed by atoms with Crippen LogP contribution in [0.2, 0.25) is 0 Å². The van der Waals surface area contributed by atoms with E-state index in [1.165, 1.54) is 0 Å². The molecule has 16 heavy (non-hydrogen) atoms. The van der Waals surface area contributed by atoms with E-state index in [1.807, 2.05) is 0 Å². The van der Waals surface area contributed by atoms with Gasteiger partial charge in [-0.1, -0.05) is 12.8 Å². The third-order valence-electron chi connectivity index (χ3n) is 3.05. The molecule has 92 valence electrons. The highest BCUT2D eigenvalue weighted by Gasteiger charge is 2.26. The zero-order valence-electron chi connectivity index (χ0n) is 9.84. The summed E-state index contributed by atoms with van der Waals surface area (Å²) >= 11 is 0. The highest BCUT2D eigenvalue weighted by Crippen LogP contribution is 2.16. The number of nitrogens with one attached hydrogen (secondary N) is 1. The third kappa shape index (κ3) is 4.31. The minimum atomic E-state index is -0.389. The molecule has 1 fully saturated rings. The fraction of sp³-hybridized carbons (Fsp3) is 0.833. The minimum Gasteiger partial charge on any atom is -0.355 e. The fourth-order valence-electron chi connectivity index (χ4n) is 2.04. The molecule has 0 aromatic rings. The SMILES string of the molecule is NCCCCCC(=O)C1CCCCNC1=O. The summed E-state index contributed by atoms with van der Waals surface area (Å²) in [6.07, 6.45) is 6.01. The molecule has 1 unspecified atom stereocenters. The van der Waals surface area contributed by atoms with Crippen LogP contribution in [0.3, 0.4) is 0 Å². The second kappa shape index (κ2) is 7.39. The predicted octanol–water partition coefficient (Wildman–Crippen LogP) is 0.991. The topological polar surface area (TPSA) is 72.2 Å². The third-order valence-corrected chi connectivity index (χ3v) is 3.05. The Kier molecular flexibility index (Phi) is 6.08. The largest absolute Gasteiger partial charge is 0.355 e. The zero-order chi connectivity index (χ0) is 11.8. The van der Waals surface area contributed by atoms with Crippen molar-refractivity contribution < 1.29 is 9.59 Å². The van der Waals surface area contributed by atoms with E-state index >= 15 is 0 Å². The molecule has 0 spiro atoms. The second-order valence-corrected chi connectivity index (χ2v) is 4.41. The van der Waals surface area contributed by atoms with Gasteiger partial charge in [0.05, 0.1) is 5.92 Å². The molecule has 0 saturated carbocycles. The Hall–Kier alpha value is -0.900. The molecule has 0 bridgehead atoms. The number of Topliss-reactive ketones (excluding diaryl/α,β-unsaturated/α-hetero) is 1. The van der Waals surface area contributed by atoms with Crippen LogP contribution in [0.5, 0.6) is 0 Å². The number of carbonyl (C=O) groups is 2. The second-order valence-electron chi connectivity index (χ2n) is 4.41. The summed E-state index contributed by atoms with van der Waals surface area (Å²) in [7, 11) is 0. The number of nitrogens with two attached hydrogens (primary N) is 1. The quantitative estimate of drug-likeness (QED) is 0.524. The Morgan fingerprint density at radius 3 is 2.88 bits per heavy atom. The predicted molar refractivity (Wildman–Crippen MR) is 62.9 cm³/mol. The Morgan fingerprint density at radius 2 is 2.12 bits per heavy atom. The van der Waals surface area contributed by atoms with Crippen molar-refractivity contribution in [3.63, 3.8) is 0 Å². The molecular weight excluding hydrogens is 204 g/mol. The van der Waals surface area contributed by atoms with Crippen molar-refractivity contribution in [2.45, 2.75) is 44.9 Å². The van der Waals surface area contributed by atoms with Gasteiger partial charge in [0, 0.05) is 13.0 Å². The number of hydrogen-bond donors (Lipinski definition) is 2. The summed E-state index contributed by atoms with van der Waals surface area (Å²) in [5, 5.41) is 2.80. The molecule has 1 rings (SSSR count). The van der Waals surface area contributed by atoms with Crippen LogP contribution in [0.15, 0.2) is 0 Å². The Balaban J connectivity index is 2.30. The van der Waals surface area contributed by atoms with Crippen LogP contribution in [-0.4, -0.2) is 24.8 Å². The Bertz CT molecular complexity index is 241. The molecule has 1 saturated heterocycles. The lowest BCUT2D eigenvalue weighted by atomic mass is 9.94. The van der Waals surface area contributed by atoms with E-state index in [1.54, 1.807) is 0 Å². The summed E-state index contributed by atoms with van der Waals surface area (Å²) < 4.78 is 0. The summed E-state index contributed by atoms with van der Waals surface area (Å²) in [6.45, 7) is 1.40. The van der Waals surface area contributed by atoms with E-state index in [2.05, 4.69) is 5.32 Å². The van der Waals surface area contributed by atoms with Crippen molar-refractivity contribution >= 4 is 11.7 Å². The molecule has 4 nitrogen and oxygen atoms in total. The van der Waals surface area contributed by atoms with E-state index in [0.29, 0.717) is 13.0 Å². The van der Waals surface area contributed by atoms with E-state index < -0.39 is 0 Å². The van der Waals surface area contributed by atoms with Gasteiger partial charge < -0.3 is 11.1 Å². The molecule has 0 aromatic heterocycles. The summed E-state index contributed by atoms with van der Waals surface area (Å²) in [5.74, 6) is -0.349. The van der Waals surface area contributed by atoms with Gasteiger partial charge in [-0.2, -0.15) is 0 Å². The van der Waals surface area contributed by atoms with Gasteiger partial charge in [-0.25, -0.2) is 0 Å². The number of amides is 1. The average molecular weight is 226 g/mol. The molecular formula is C12H22N2O2. The lowest BCUT2D eigenvalue weighted by Gasteiger charge is -2.11. The molecule has 1 heterocycles. The molecule has 0 aliphatic carbocycles. The van der Waals surface area contributed by atoms with Gasteiger partial charge in [0.25, 0.3) is 0 Å². The zero-order valence-corrected chi connectivity index (χ0v) is 9.84. The van der Waals surface area contributed by atoms with E-state index in [4.69, 9.17) is 5.73 Å². The van der Waals surface area contributed by atoms with Crippen LogP contribution >= 0.6 is 0 Å². The number of ketones is 1. The van der Waals surface area contributed by atoms with Crippen molar-refractivity contribution in [2.75, 3.05) is 13.1 Å². The summed E-state index contributed by atoms with van der Waals surface area (Å²) in [4.78, 5) is 23.4. The van der Waals surface area contributed by atoms with Crippen molar-refractivity contribution in [1.82, 2.24) is 5.32 Å². The highest BCUT2D eigenvalue weighted by atomic mass is 16.2. The lowest BCUT2D eigenvalue weighted by Crippen LogP contribution is -2.33. The molecule has 3 N–H and O–H groups in total. The first-order chi connectivity index (χ1) is 7.75. The number of carbonyl (C=O) groups excluding carboxylic acids is 2. The first-order valence-electron chi connectivity index (χ1n) is 6.26. The van der Waals surface area contributed by atoms with Gasteiger partial charge in [0.15, 0.2) is 0 Å². The molecule has 1 aliphatic heterocycles. The first kappa shape index (κ1) is 13.2. The summed E-state index contributed by atoms with van der Waals surface area (Å²) in [6, 6.07) is 0. The lowest BCUT2D eigenvalue weighted by molar-refractivity contribution is -0.133. The Labute approximate surface area is 97.0 Å². The monoisotopic (exact) mass is 226 g/mol. The molecule has 1 aliphatic rings. The summed E-state index contributed by atoms with van der Waals surface area (Å²) in [5.41, 5.74) is 5.38. The van der Waals surface area contributed by atoms with E-state index in [9.17, 15) is 9.59 Å². The smallest absolute Gasteiger partial charge is 0.230 e. The van der Waals surface area contributed by atoms with Crippen LogP contribution in [0, 0.1) is 5.92 Å². The average Bonchev–Trinajstić information content (AvgIpc) is 2.49. The molecule has 0 aromatic carbocycles. The van der Waals surface area contributed by atoms with Crippen molar-refractivity contribution in [3.8, 4) is 0 Å². The van der Waals surface area contributed by atoms with Gasteiger partial charge in [-0.3, -0.25) is 9.59 Å². The maximum absolute atomic E-state index is 11.8. The highest BCUT2D eigenvalue weighted by molar-refractivity contribution is 6.01. The first-order valence-corrected chi connectivity index (χ1v) is 6.26. The normalized spacial score (nSPS) is 21.3. The van der Waals surface area contributed by atoms with Crippen LogP contribution in [0.1, 0.15) is 44.9 Å². The Morgan fingerprint density at radius 1 is 1.31 bits per heavy atom. The minimum absolute atomic E-state index is 0.0682. The van der Waals surface area contributed by atoms with Gasteiger partial charge in [-0.15, -0.1) is 0 Å². The van der Waals surface area contributed by atoms with Gasteiger partial charge in [0.2, 0.25) is 5.91 Å². The molecule has 4 heteroatoms. The van der Waals surface area contributed by atoms with Gasteiger partial charge in [0.1, 0.15) is 5.78 Å². The molecule has 1 atom stereocenters. The van der Waals surface area contributed by atoms with Crippen molar-refractivity contribution in [3.05, 3.63) is 0 Å². The van der Waals surface area contributed by atoms with Gasteiger partial charge in [-0.05, 0) is 32.2 Å². The van der Waals surface area contributed by atoms with Crippen molar-refractivity contribution in [1.29, 1.82) is 0 Å². The number of unbranched alkanes of at least 4 members (excludes halogenated alkanes) is 2. The van der Waals surface area contributed by atoms with Crippen LogP contribution in [-0.2, 0) is 9.59 Å². The van der Waals surface area contributed by atoms with Crippen LogP contribution in [0.4, 0.5) is 0 Å². The van der Waals surface area contributed by atoms with Crippen LogP contribution < -0.4 is 11.1 Å². The maximum Gasteiger partial charge on any atom is 0.230 e. The fourth-order valence-corrected chi connectivity index (χ4v) is 2.04. The van der Waals surface area contributed by atoms with E-state index in [0.717, 1.165) is 45.1 Å². The number of rotatable bonds is 6. The van der Waals surface area contributed by atoms with E-state index in [-0.39, 0.29) is 17.6 Å². The van der Waals surface area contributed by atoms with Crippen molar-refractivity contribution in [2.24, 2.45) is 11.7 Å². The number of hydrogen-bond acceptors (Lipinski definition) is 3. The van der Waals surface area contributed by atoms with Crippen LogP contribution in [0.25, 0.3) is 0 Å². The molecule has 0 radical (unpaired) electrons. The standard InChI is InChI=1S/C12H22N2O2/c13-8-4-1-2-7-11(15)10-6-3-5-9-14-12(10)16/h10H,1-9,13H2,(H,14,16). The van der Waals surface area contributed by atoms with Gasteiger partial charge >= 0.3 is 0 Å².